The molecule has 102 valence electrons. The standard InChI is InChI=1S/C15H17Cl2NO/c16-13-5-4-10(6-14(13)17)15(19)9-18-7-11-2-1-3-12(11)8-18/h4-6,11-12H,1-3,7-9H2. The molecule has 2 aliphatic rings. The summed E-state index contributed by atoms with van der Waals surface area (Å²) in [5.41, 5.74) is 0.659. The van der Waals surface area contributed by atoms with Crippen LogP contribution in [0.25, 0.3) is 0 Å². The van der Waals surface area contributed by atoms with Gasteiger partial charge in [-0.05, 0) is 42.9 Å². The lowest BCUT2D eigenvalue weighted by Gasteiger charge is -2.15. The second kappa shape index (κ2) is 5.43. The number of fused-ring (bicyclic) bond motifs is 1. The van der Waals surface area contributed by atoms with E-state index < -0.39 is 0 Å². The van der Waals surface area contributed by atoms with Gasteiger partial charge in [-0.25, -0.2) is 0 Å². The average molecular weight is 298 g/mol. The summed E-state index contributed by atoms with van der Waals surface area (Å²) < 4.78 is 0. The molecule has 4 heteroatoms. The Balaban J connectivity index is 1.63. The van der Waals surface area contributed by atoms with Crippen molar-refractivity contribution in [2.75, 3.05) is 19.6 Å². The summed E-state index contributed by atoms with van der Waals surface area (Å²) in [5.74, 6) is 1.78. The Morgan fingerprint density at radius 3 is 2.47 bits per heavy atom. The van der Waals surface area contributed by atoms with Crippen LogP contribution in [-0.4, -0.2) is 30.3 Å². The van der Waals surface area contributed by atoms with Gasteiger partial charge in [0.25, 0.3) is 0 Å². The van der Waals surface area contributed by atoms with Crippen LogP contribution in [0.1, 0.15) is 29.6 Å². The molecule has 2 fully saturated rings. The fourth-order valence-corrected chi connectivity index (χ4v) is 3.72. The van der Waals surface area contributed by atoms with E-state index in [-0.39, 0.29) is 5.78 Å². The molecule has 0 spiro atoms. The molecule has 2 unspecified atom stereocenters. The molecular formula is C15H17Cl2NO. The highest BCUT2D eigenvalue weighted by atomic mass is 35.5. The van der Waals surface area contributed by atoms with Gasteiger partial charge in [0.2, 0.25) is 0 Å². The van der Waals surface area contributed by atoms with Crippen LogP contribution in [0.5, 0.6) is 0 Å². The third-order valence-corrected chi connectivity index (χ3v) is 5.15. The molecule has 1 aromatic rings. The van der Waals surface area contributed by atoms with Crippen molar-refractivity contribution in [1.82, 2.24) is 4.90 Å². The molecule has 2 atom stereocenters. The van der Waals surface area contributed by atoms with Gasteiger partial charge in [0.1, 0.15) is 0 Å². The van der Waals surface area contributed by atoms with Crippen molar-refractivity contribution in [2.45, 2.75) is 19.3 Å². The number of carbonyl (C=O) groups is 1. The normalized spacial score (nSPS) is 26.6. The number of ketones is 1. The predicted octanol–water partition coefficient (Wildman–Crippen LogP) is 3.91. The fourth-order valence-electron chi connectivity index (χ4n) is 3.43. The molecule has 1 heterocycles. The zero-order valence-corrected chi connectivity index (χ0v) is 12.3. The van der Waals surface area contributed by atoms with Gasteiger partial charge in [-0.1, -0.05) is 29.6 Å². The van der Waals surface area contributed by atoms with Gasteiger partial charge in [0, 0.05) is 18.7 Å². The molecule has 0 N–H and O–H groups in total. The van der Waals surface area contributed by atoms with Gasteiger partial charge in [0.15, 0.2) is 5.78 Å². The van der Waals surface area contributed by atoms with Crippen molar-refractivity contribution in [3.05, 3.63) is 33.8 Å². The van der Waals surface area contributed by atoms with Crippen molar-refractivity contribution in [2.24, 2.45) is 11.8 Å². The van der Waals surface area contributed by atoms with Crippen LogP contribution >= 0.6 is 23.2 Å². The second-order valence-electron chi connectivity index (χ2n) is 5.70. The number of carbonyl (C=O) groups excluding carboxylic acids is 1. The van der Waals surface area contributed by atoms with Gasteiger partial charge in [-0.15, -0.1) is 0 Å². The number of hydrogen-bond acceptors (Lipinski definition) is 2. The summed E-state index contributed by atoms with van der Waals surface area (Å²) in [6.07, 6.45) is 4.04. The van der Waals surface area contributed by atoms with Crippen molar-refractivity contribution < 1.29 is 4.79 Å². The maximum absolute atomic E-state index is 12.2. The smallest absolute Gasteiger partial charge is 0.176 e. The van der Waals surface area contributed by atoms with Crippen LogP contribution in [0, 0.1) is 11.8 Å². The topological polar surface area (TPSA) is 20.3 Å². The highest BCUT2D eigenvalue weighted by Gasteiger charge is 2.36. The Bertz CT molecular complexity index is 491. The first kappa shape index (κ1) is 13.4. The van der Waals surface area contributed by atoms with Gasteiger partial charge in [-0.3, -0.25) is 9.69 Å². The van der Waals surface area contributed by atoms with E-state index in [0.717, 1.165) is 24.9 Å². The molecule has 2 nitrogen and oxygen atoms in total. The summed E-state index contributed by atoms with van der Waals surface area (Å²) in [4.78, 5) is 14.5. The zero-order valence-electron chi connectivity index (χ0n) is 10.7. The third kappa shape index (κ3) is 2.81. The van der Waals surface area contributed by atoms with E-state index in [2.05, 4.69) is 4.90 Å². The van der Waals surface area contributed by atoms with Crippen LogP contribution in [0.3, 0.4) is 0 Å². The highest BCUT2D eigenvalue weighted by Crippen LogP contribution is 2.37. The van der Waals surface area contributed by atoms with Gasteiger partial charge < -0.3 is 0 Å². The van der Waals surface area contributed by atoms with Crippen LogP contribution in [-0.2, 0) is 0 Å². The fraction of sp³-hybridized carbons (Fsp3) is 0.533. The van der Waals surface area contributed by atoms with Crippen molar-refractivity contribution in [1.29, 1.82) is 0 Å². The zero-order chi connectivity index (χ0) is 13.4. The van der Waals surface area contributed by atoms with E-state index in [1.807, 2.05) is 0 Å². The summed E-state index contributed by atoms with van der Waals surface area (Å²) in [7, 11) is 0. The van der Waals surface area contributed by atoms with Crippen molar-refractivity contribution in [3.63, 3.8) is 0 Å². The molecule has 0 aromatic heterocycles. The Kier molecular flexibility index (Phi) is 3.84. The van der Waals surface area contributed by atoms with E-state index in [9.17, 15) is 4.79 Å². The molecule has 1 saturated carbocycles. The lowest BCUT2D eigenvalue weighted by molar-refractivity contribution is 0.0941. The molecular weight excluding hydrogens is 281 g/mol. The van der Waals surface area contributed by atoms with Crippen molar-refractivity contribution >= 4 is 29.0 Å². The number of Topliss-reactive ketones (excluding diaryl/α,β-unsaturated/α-hetero) is 1. The Morgan fingerprint density at radius 2 is 1.84 bits per heavy atom. The van der Waals surface area contributed by atoms with Crippen LogP contribution in [0.2, 0.25) is 10.0 Å². The number of halogens is 2. The first-order chi connectivity index (χ1) is 9.13. The van der Waals surface area contributed by atoms with Gasteiger partial charge in [-0.2, -0.15) is 0 Å². The molecule has 1 saturated heterocycles. The number of hydrogen-bond donors (Lipinski definition) is 0. The van der Waals surface area contributed by atoms with Gasteiger partial charge in [0.05, 0.1) is 16.6 Å². The van der Waals surface area contributed by atoms with Crippen LogP contribution < -0.4 is 0 Å². The van der Waals surface area contributed by atoms with Crippen molar-refractivity contribution in [3.8, 4) is 0 Å². The molecule has 0 radical (unpaired) electrons. The second-order valence-corrected chi connectivity index (χ2v) is 6.51. The average Bonchev–Trinajstić information content (AvgIpc) is 2.93. The lowest BCUT2D eigenvalue weighted by atomic mass is 10.0. The lowest BCUT2D eigenvalue weighted by Crippen LogP contribution is -2.28. The van der Waals surface area contributed by atoms with Crippen LogP contribution in [0.4, 0.5) is 0 Å². The molecule has 1 aromatic carbocycles. The van der Waals surface area contributed by atoms with E-state index in [1.165, 1.54) is 19.3 Å². The number of rotatable bonds is 3. The monoisotopic (exact) mass is 297 g/mol. The summed E-state index contributed by atoms with van der Waals surface area (Å²) in [6, 6.07) is 5.12. The summed E-state index contributed by atoms with van der Waals surface area (Å²) in [6.45, 7) is 2.67. The minimum atomic E-state index is 0.138. The van der Waals surface area contributed by atoms with E-state index in [4.69, 9.17) is 23.2 Å². The summed E-state index contributed by atoms with van der Waals surface area (Å²) >= 11 is 11.8. The largest absolute Gasteiger partial charge is 0.295 e. The molecule has 3 rings (SSSR count). The first-order valence-electron chi connectivity index (χ1n) is 6.84. The quantitative estimate of drug-likeness (QED) is 0.789. The van der Waals surface area contributed by atoms with Crippen LogP contribution in [0.15, 0.2) is 18.2 Å². The maximum atomic E-state index is 12.2. The molecule has 1 aliphatic carbocycles. The molecule has 1 aliphatic heterocycles. The Morgan fingerprint density at radius 1 is 1.16 bits per heavy atom. The van der Waals surface area contributed by atoms with E-state index in [1.54, 1.807) is 18.2 Å². The Labute approximate surface area is 123 Å². The minimum Gasteiger partial charge on any atom is -0.295 e. The molecule has 0 bridgehead atoms. The molecule has 0 amide bonds. The number of benzene rings is 1. The summed E-state index contributed by atoms with van der Waals surface area (Å²) in [5, 5.41) is 0.944. The molecule has 19 heavy (non-hydrogen) atoms. The Hall–Kier alpha value is -0.570. The highest BCUT2D eigenvalue weighted by molar-refractivity contribution is 6.42. The SMILES string of the molecule is O=C(CN1CC2CCCC2C1)c1ccc(Cl)c(Cl)c1. The third-order valence-electron chi connectivity index (χ3n) is 4.41. The number of likely N-dealkylation sites (tertiary alicyclic amines) is 1. The van der Waals surface area contributed by atoms with Gasteiger partial charge >= 0.3 is 0 Å². The maximum Gasteiger partial charge on any atom is 0.176 e. The first-order valence-corrected chi connectivity index (χ1v) is 7.59. The van der Waals surface area contributed by atoms with E-state index >= 15 is 0 Å². The number of nitrogens with zero attached hydrogens (tertiary/aromatic N) is 1. The van der Waals surface area contributed by atoms with E-state index in [0.29, 0.717) is 22.2 Å². The minimum absolute atomic E-state index is 0.138. The predicted molar refractivity (Wildman–Crippen MR) is 78.1 cm³/mol.